The van der Waals surface area contributed by atoms with E-state index in [0.29, 0.717) is 40.7 Å². The van der Waals surface area contributed by atoms with Crippen LogP contribution in [0.5, 0.6) is 0 Å². The number of nitrogens with zero attached hydrogens (tertiary/aromatic N) is 1. The lowest BCUT2D eigenvalue weighted by atomic mass is 10.1. The Morgan fingerprint density at radius 2 is 1.94 bits per heavy atom. The molecule has 0 aliphatic heterocycles. The first kappa shape index (κ1) is 25.5. The summed E-state index contributed by atoms with van der Waals surface area (Å²) in [4.78, 5) is 12.8. The molecule has 0 fully saturated rings. The van der Waals surface area contributed by atoms with Crippen molar-refractivity contribution in [3.05, 3.63) is 63.9 Å². The monoisotopic (exact) mass is 486 g/mol. The normalized spacial score (nSPS) is 12.5. The number of hydrogen-bond acceptors (Lipinski definition) is 4. The first-order valence-electron chi connectivity index (χ1n) is 9.91. The van der Waals surface area contributed by atoms with E-state index in [1.807, 2.05) is 19.9 Å². The zero-order chi connectivity index (χ0) is 23.2. The molecule has 2 aromatic carbocycles. The second-order valence-corrected chi connectivity index (χ2v) is 10.7. The lowest BCUT2D eigenvalue weighted by Gasteiger charge is -2.30. The van der Waals surface area contributed by atoms with E-state index >= 15 is 0 Å². The van der Waals surface area contributed by atoms with Gasteiger partial charge in [-0.15, -0.1) is 0 Å². The molecule has 2 aromatic rings. The SMILES string of the molecule is CC[C@H](C(=O)NCCSCc1c(F)cccc1Cl)N(c1ccc(C)c(C)c1)S(C)(=O)=O. The minimum absolute atomic E-state index is 0.323. The van der Waals surface area contributed by atoms with Crippen molar-refractivity contribution in [3.63, 3.8) is 0 Å². The minimum atomic E-state index is -3.67. The minimum Gasteiger partial charge on any atom is -0.353 e. The standard InChI is InChI=1S/C22H28ClFN2O3S2/c1-5-21(26(31(4,28)29)17-10-9-15(2)16(3)13-17)22(27)25-11-12-30-14-18-19(23)7-6-8-20(18)24/h6-10,13,21H,5,11-12,14H2,1-4H3,(H,25,27)/t21-/m1/s1. The van der Waals surface area contributed by atoms with Gasteiger partial charge in [-0.1, -0.05) is 30.7 Å². The number of carbonyl (C=O) groups excluding carboxylic acids is 1. The fourth-order valence-corrected chi connectivity index (χ4v) is 5.53. The molecule has 0 aliphatic rings. The topological polar surface area (TPSA) is 66.5 Å². The van der Waals surface area contributed by atoms with E-state index in [9.17, 15) is 17.6 Å². The summed E-state index contributed by atoms with van der Waals surface area (Å²) < 4.78 is 40.1. The number of nitrogens with one attached hydrogen (secondary N) is 1. The van der Waals surface area contributed by atoms with Gasteiger partial charge in [-0.25, -0.2) is 12.8 Å². The number of hydrogen-bond donors (Lipinski definition) is 1. The molecule has 1 N–H and O–H groups in total. The van der Waals surface area contributed by atoms with Crippen LogP contribution in [0.25, 0.3) is 0 Å². The zero-order valence-corrected chi connectivity index (χ0v) is 20.5. The summed E-state index contributed by atoms with van der Waals surface area (Å²) in [6, 6.07) is 9.04. The van der Waals surface area contributed by atoms with Crippen LogP contribution < -0.4 is 9.62 Å². The van der Waals surface area contributed by atoms with Crippen molar-refractivity contribution >= 4 is 45.0 Å². The molecule has 2 rings (SSSR count). The van der Waals surface area contributed by atoms with Crippen LogP contribution in [0.1, 0.15) is 30.0 Å². The van der Waals surface area contributed by atoms with Gasteiger partial charge in [0.15, 0.2) is 0 Å². The first-order valence-corrected chi connectivity index (χ1v) is 13.3. The third-order valence-electron chi connectivity index (χ3n) is 4.93. The van der Waals surface area contributed by atoms with Crippen molar-refractivity contribution in [1.29, 1.82) is 0 Å². The number of halogens is 2. The molecule has 5 nitrogen and oxygen atoms in total. The average Bonchev–Trinajstić information content (AvgIpc) is 2.69. The maximum absolute atomic E-state index is 13.8. The van der Waals surface area contributed by atoms with Crippen molar-refractivity contribution in [1.82, 2.24) is 5.32 Å². The number of thioether (sulfide) groups is 1. The molecule has 0 spiro atoms. The zero-order valence-electron chi connectivity index (χ0n) is 18.1. The molecule has 170 valence electrons. The van der Waals surface area contributed by atoms with Gasteiger partial charge < -0.3 is 5.32 Å². The van der Waals surface area contributed by atoms with Gasteiger partial charge in [-0.3, -0.25) is 9.10 Å². The summed E-state index contributed by atoms with van der Waals surface area (Å²) in [5, 5.41) is 3.18. The highest BCUT2D eigenvalue weighted by Gasteiger charge is 2.31. The van der Waals surface area contributed by atoms with Crippen LogP contribution in [0, 0.1) is 19.7 Å². The molecule has 0 aromatic heterocycles. The van der Waals surface area contributed by atoms with Gasteiger partial charge in [-0.2, -0.15) is 11.8 Å². The van der Waals surface area contributed by atoms with E-state index < -0.39 is 16.1 Å². The molecular weight excluding hydrogens is 459 g/mol. The lowest BCUT2D eigenvalue weighted by molar-refractivity contribution is -0.122. The van der Waals surface area contributed by atoms with Crippen LogP contribution in [0.3, 0.4) is 0 Å². The highest BCUT2D eigenvalue weighted by atomic mass is 35.5. The number of benzene rings is 2. The maximum Gasteiger partial charge on any atom is 0.243 e. The van der Waals surface area contributed by atoms with Gasteiger partial charge in [0.1, 0.15) is 11.9 Å². The molecule has 0 unspecified atom stereocenters. The summed E-state index contributed by atoms with van der Waals surface area (Å²) >= 11 is 7.46. The molecular formula is C22H28ClFN2O3S2. The lowest BCUT2D eigenvalue weighted by Crippen LogP contribution is -2.49. The van der Waals surface area contributed by atoms with Gasteiger partial charge >= 0.3 is 0 Å². The summed E-state index contributed by atoms with van der Waals surface area (Å²) in [5.41, 5.74) is 2.90. The Labute approximate surface area is 193 Å². The molecule has 1 amide bonds. The molecule has 0 heterocycles. The first-order chi connectivity index (χ1) is 14.6. The molecule has 1 atom stereocenters. The van der Waals surface area contributed by atoms with E-state index in [2.05, 4.69) is 5.32 Å². The second-order valence-electron chi connectivity index (χ2n) is 7.30. The van der Waals surface area contributed by atoms with E-state index in [4.69, 9.17) is 11.6 Å². The Balaban J connectivity index is 2.02. The Hall–Kier alpha value is -1.77. The molecule has 0 aliphatic carbocycles. The van der Waals surface area contributed by atoms with Crippen molar-refractivity contribution < 1.29 is 17.6 Å². The van der Waals surface area contributed by atoms with Gasteiger partial charge in [0.2, 0.25) is 15.9 Å². The van der Waals surface area contributed by atoms with E-state index in [-0.39, 0.29) is 11.7 Å². The average molecular weight is 487 g/mol. The van der Waals surface area contributed by atoms with Crippen LogP contribution in [-0.4, -0.2) is 38.9 Å². The van der Waals surface area contributed by atoms with Crippen LogP contribution in [0.15, 0.2) is 36.4 Å². The van der Waals surface area contributed by atoms with Crippen molar-refractivity contribution in [2.45, 2.75) is 39.0 Å². The molecule has 9 heteroatoms. The number of sulfonamides is 1. The number of carbonyl (C=O) groups is 1. The quantitative estimate of drug-likeness (QED) is 0.495. The Bertz CT molecular complexity index is 1010. The molecule has 31 heavy (non-hydrogen) atoms. The van der Waals surface area contributed by atoms with Crippen molar-refractivity contribution in [2.24, 2.45) is 0 Å². The smallest absolute Gasteiger partial charge is 0.243 e. The van der Waals surface area contributed by atoms with Crippen LogP contribution >= 0.6 is 23.4 Å². The van der Waals surface area contributed by atoms with E-state index in [0.717, 1.165) is 17.4 Å². The molecule has 0 bridgehead atoms. The molecule has 0 saturated carbocycles. The predicted octanol–water partition coefficient (Wildman–Crippen LogP) is 4.69. The summed E-state index contributed by atoms with van der Waals surface area (Å²) in [5.74, 6) is 0.203. The third-order valence-corrected chi connectivity index (χ3v) is 7.45. The van der Waals surface area contributed by atoms with Crippen molar-refractivity contribution in [3.8, 4) is 0 Å². The highest BCUT2D eigenvalue weighted by molar-refractivity contribution is 7.98. The largest absolute Gasteiger partial charge is 0.353 e. The summed E-state index contributed by atoms with van der Waals surface area (Å²) in [7, 11) is -3.67. The van der Waals surface area contributed by atoms with Gasteiger partial charge in [-0.05, 0) is 55.7 Å². The van der Waals surface area contributed by atoms with E-state index in [1.54, 1.807) is 31.2 Å². The van der Waals surface area contributed by atoms with Crippen molar-refractivity contribution in [2.75, 3.05) is 22.9 Å². The Kier molecular flexibility index (Phi) is 9.21. The number of amides is 1. The highest BCUT2D eigenvalue weighted by Crippen LogP contribution is 2.26. The van der Waals surface area contributed by atoms with Crippen LogP contribution in [-0.2, 0) is 20.6 Å². The number of anilines is 1. The Morgan fingerprint density at radius 3 is 2.52 bits per heavy atom. The molecule has 0 saturated heterocycles. The number of rotatable bonds is 10. The molecule has 0 radical (unpaired) electrons. The fourth-order valence-electron chi connectivity index (χ4n) is 3.13. The van der Waals surface area contributed by atoms with Crippen LogP contribution in [0.2, 0.25) is 5.02 Å². The van der Waals surface area contributed by atoms with Gasteiger partial charge in [0.05, 0.1) is 11.9 Å². The van der Waals surface area contributed by atoms with Crippen LogP contribution in [0.4, 0.5) is 10.1 Å². The summed E-state index contributed by atoms with van der Waals surface area (Å²) in [6.45, 7) is 5.95. The van der Waals surface area contributed by atoms with E-state index in [1.165, 1.54) is 22.1 Å². The third kappa shape index (κ3) is 6.85. The maximum atomic E-state index is 13.8. The van der Waals surface area contributed by atoms with Gasteiger partial charge in [0.25, 0.3) is 0 Å². The predicted molar refractivity (Wildman–Crippen MR) is 128 cm³/mol. The second kappa shape index (κ2) is 11.2. The fraction of sp³-hybridized carbons (Fsp3) is 0.409. The number of aryl methyl sites for hydroxylation is 2. The summed E-state index contributed by atoms with van der Waals surface area (Å²) in [6.07, 6.45) is 1.43. The Morgan fingerprint density at radius 1 is 1.23 bits per heavy atom. The van der Waals surface area contributed by atoms with Gasteiger partial charge in [0, 0.05) is 28.6 Å².